The molecule has 0 fully saturated rings. The fourth-order valence-corrected chi connectivity index (χ4v) is 1.82. The van der Waals surface area contributed by atoms with Crippen LogP contribution in [0.15, 0.2) is 42.5 Å². The summed E-state index contributed by atoms with van der Waals surface area (Å²) >= 11 is 5.57. The molecule has 24 heavy (non-hydrogen) atoms. The Hall–Kier alpha value is -2.48. The van der Waals surface area contributed by atoms with Crippen LogP contribution in [0.5, 0.6) is 11.5 Å². The summed E-state index contributed by atoms with van der Waals surface area (Å²) < 4.78 is 57.9. The summed E-state index contributed by atoms with van der Waals surface area (Å²) in [5, 5.41) is 2.28. The van der Waals surface area contributed by atoms with Gasteiger partial charge in [0.25, 0.3) is 5.91 Å². The molecule has 128 valence electrons. The molecule has 0 bridgehead atoms. The van der Waals surface area contributed by atoms with E-state index in [1.807, 2.05) is 0 Å². The topological polar surface area (TPSA) is 47.6 Å². The molecule has 0 heterocycles. The average Bonchev–Trinajstić information content (AvgIpc) is 2.49. The van der Waals surface area contributed by atoms with E-state index in [1.165, 1.54) is 24.3 Å². The van der Waals surface area contributed by atoms with E-state index in [0.29, 0.717) is 0 Å². The molecule has 0 aliphatic rings. The van der Waals surface area contributed by atoms with E-state index in [0.717, 1.165) is 18.2 Å². The van der Waals surface area contributed by atoms with Crippen molar-refractivity contribution in [2.45, 2.75) is 6.36 Å². The molecule has 0 spiro atoms. The van der Waals surface area contributed by atoms with Crippen molar-refractivity contribution in [3.63, 3.8) is 0 Å². The summed E-state index contributed by atoms with van der Waals surface area (Å²) in [6, 6.07) is 8.22. The van der Waals surface area contributed by atoms with Gasteiger partial charge in [0.2, 0.25) is 0 Å². The first-order valence-electron chi connectivity index (χ1n) is 6.46. The van der Waals surface area contributed by atoms with Crippen LogP contribution >= 0.6 is 11.6 Å². The van der Waals surface area contributed by atoms with Crippen LogP contribution in [0.25, 0.3) is 0 Å². The molecule has 9 heteroatoms. The molecule has 0 aliphatic heterocycles. The summed E-state index contributed by atoms with van der Waals surface area (Å²) in [7, 11) is 0. The number of ether oxygens (including phenoxy) is 2. The molecule has 0 unspecified atom stereocenters. The monoisotopic (exact) mass is 363 g/mol. The number of benzene rings is 2. The third-order valence-corrected chi connectivity index (χ3v) is 2.92. The van der Waals surface area contributed by atoms with Crippen LogP contribution in [0.2, 0.25) is 5.02 Å². The van der Waals surface area contributed by atoms with Crippen LogP contribution in [-0.4, -0.2) is 18.9 Å². The molecule has 0 aliphatic carbocycles. The lowest BCUT2D eigenvalue weighted by atomic mass is 10.3. The van der Waals surface area contributed by atoms with Crippen LogP contribution in [-0.2, 0) is 4.79 Å². The smallest absolute Gasteiger partial charge is 0.484 e. The first-order chi connectivity index (χ1) is 11.2. The second kappa shape index (κ2) is 7.39. The van der Waals surface area contributed by atoms with Crippen LogP contribution in [0.4, 0.5) is 23.2 Å². The second-order valence-corrected chi connectivity index (χ2v) is 4.89. The highest BCUT2D eigenvalue weighted by Gasteiger charge is 2.30. The van der Waals surface area contributed by atoms with E-state index in [9.17, 15) is 22.4 Å². The van der Waals surface area contributed by atoms with Gasteiger partial charge in [-0.3, -0.25) is 4.79 Å². The Morgan fingerprint density at radius 3 is 2.29 bits per heavy atom. The van der Waals surface area contributed by atoms with Crippen molar-refractivity contribution in [2.75, 3.05) is 11.9 Å². The molecule has 2 rings (SSSR count). The number of nitrogens with one attached hydrogen (secondary N) is 1. The third-order valence-electron chi connectivity index (χ3n) is 2.63. The first-order valence-corrected chi connectivity index (χ1v) is 6.84. The Morgan fingerprint density at radius 1 is 1.08 bits per heavy atom. The molecule has 0 radical (unpaired) electrons. The fourth-order valence-electron chi connectivity index (χ4n) is 1.65. The van der Waals surface area contributed by atoms with Crippen molar-refractivity contribution < 1.29 is 31.8 Å². The normalized spacial score (nSPS) is 11.0. The zero-order valence-corrected chi connectivity index (χ0v) is 12.6. The maximum Gasteiger partial charge on any atom is 0.573 e. The van der Waals surface area contributed by atoms with Gasteiger partial charge in [-0.05, 0) is 36.4 Å². The summed E-state index contributed by atoms with van der Waals surface area (Å²) in [5.74, 6) is -1.38. The van der Waals surface area contributed by atoms with Crippen molar-refractivity contribution in [1.29, 1.82) is 0 Å². The summed E-state index contributed by atoms with van der Waals surface area (Å²) in [6.45, 7) is -0.386. The number of hydrogen-bond acceptors (Lipinski definition) is 3. The van der Waals surface area contributed by atoms with E-state index < -0.39 is 23.8 Å². The van der Waals surface area contributed by atoms with Crippen molar-refractivity contribution in [1.82, 2.24) is 0 Å². The molecular formula is C15H10ClF4NO3. The number of rotatable bonds is 5. The standard InChI is InChI=1S/C15H10ClF4NO3/c16-12-7-11(5-6-13(12)17)23-8-14(22)21-9-1-3-10(4-2-9)24-15(18,19)20/h1-7H,8H2,(H,21,22). The van der Waals surface area contributed by atoms with Gasteiger partial charge in [-0.15, -0.1) is 13.2 Å². The first kappa shape index (κ1) is 17.9. The molecule has 1 amide bonds. The zero-order valence-electron chi connectivity index (χ0n) is 11.9. The number of anilines is 1. The largest absolute Gasteiger partial charge is 0.573 e. The third kappa shape index (κ3) is 5.62. The Labute approximate surface area is 138 Å². The van der Waals surface area contributed by atoms with Crippen LogP contribution in [0.1, 0.15) is 0 Å². The Balaban J connectivity index is 1.86. The Bertz CT molecular complexity index is 720. The fraction of sp³-hybridized carbons (Fsp3) is 0.133. The highest BCUT2D eigenvalue weighted by Crippen LogP contribution is 2.24. The molecule has 2 aromatic carbocycles. The number of carbonyl (C=O) groups is 1. The van der Waals surface area contributed by atoms with Crippen LogP contribution < -0.4 is 14.8 Å². The minimum Gasteiger partial charge on any atom is -0.484 e. The SMILES string of the molecule is O=C(COc1ccc(F)c(Cl)c1)Nc1ccc(OC(F)(F)F)cc1. The predicted molar refractivity (Wildman–Crippen MR) is 78.7 cm³/mol. The quantitative estimate of drug-likeness (QED) is 0.801. The maximum atomic E-state index is 13.0. The van der Waals surface area contributed by atoms with Gasteiger partial charge in [-0.25, -0.2) is 4.39 Å². The number of hydrogen-bond donors (Lipinski definition) is 1. The van der Waals surface area contributed by atoms with Crippen molar-refractivity contribution in [3.8, 4) is 11.5 Å². The minimum absolute atomic E-state index is 0.145. The van der Waals surface area contributed by atoms with E-state index >= 15 is 0 Å². The molecule has 2 aromatic rings. The minimum atomic E-state index is -4.78. The maximum absolute atomic E-state index is 13.0. The zero-order chi connectivity index (χ0) is 17.7. The second-order valence-electron chi connectivity index (χ2n) is 4.48. The van der Waals surface area contributed by atoms with Gasteiger partial charge in [0, 0.05) is 11.8 Å². The predicted octanol–water partition coefficient (Wildman–Crippen LogP) is 4.40. The van der Waals surface area contributed by atoms with Gasteiger partial charge in [0.15, 0.2) is 6.61 Å². The summed E-state index contributed by atoms with van der Waals surface area (Å²) in [5.41, 5.74) is 0.260. The van der Waals surface area contributed by atoms with Crippen molar-refractivity contribution in [3.05, 3.63) is 53.3 Å². The number of halogens is 5. The highest BCUT2D eigenvalue weighted by atomic mass is 35.5. The van der Waals surface area contributed by atoms with E-state index in [1.54, 1.807) is 0 Å². The lowest BCUT2D eigenvalue weighted by Crippen LogP contribution is -2.20. The molecule has 0 aromatic heterocycles. The Kier molecular flexibility index (Phi) is 5.50. The van der Waals surface area contributed by atoms with Gasteiger partial charge in [0.1, 0.15) is 17.3 Å². The van der Waals surface area contributed by atoms with Gasteiger partial charge < -0.3 is 14.8 Å². The van der Waals surface area contributed by atoms with Gasteiger partial charge in [-0.2, -0.15) is 0 Å². The molecule has 0 atom stereocenters. The summed E-state index contributed by atoms with van der Waals surface area (Å²) in [4.78, 5) is 11.7. The van der Waals surface area contributed by atoms with Gasteiger partial charge in [-0.1, -0.05) is 11.6 Å². The van der Waals surface area contributed by atoms with Gasteiger partial charge >= 0.3 is 6.36 Å². The number of carbonyl (C=O) groups excluding carboxylic acids is 1. The number of amides is 1. The molecule has 4 nitrogen and oxygen atoms in total. The average molecular weight is 364 g/mol. The van der Waals surface area contributed by atoms with E-state index in [-0.39, 0.29) is 23.1 Å². The molecule has 0 saturated carbocycles. The lowest BCUT2D eigenvalue weighted by molar-refractivity contribution is -0.274. The summed E-state index contributed by atoms with van der Waals surface area (Å²) in [6.07, 6.45) is -4.78. The van der Waals surface area contributed by atoms with Crippen molar-refractivity contribution in [2.24, 2.45) is 0 Å². The molecule has 1 N–H and O–H groups in total. The molecular weight excluding hydrogens is 354 g/mol. The van der Waals surface area contributed by atoms with Crippen molar-refractivity contribution >= 4 is 23.2 Å². The van der Waals surface area contributed by atoms with Crippen LogP contribution in [0.3, 0.4) is 0 Å². The number of alkyl halides is 3. The Morgan fingerprint density at radius 2 is 1.71 bits per heavy atom. The van der Waals surface area contributed by atoms with Crippen LogP contribution in [0, 0.1) is 5.82 Å². The van der Waals surface area contributed by atoms with E-state index in [4.69, 9.17) is 16.3 Å². The van der Waals surface area contributed by atoms with Gasteiger partial charge in [0.05, 0.1) is 5.02 Å². The molecule has 0 saturated heterocycles. The highest BCUT2D eigenvalue weighted by molar-refractivity contribution is 6.30. The van der Waals surface area contributed by atoms with E-state index in [2.05, 4.69) is 10.1 Å². The lowest BCUT2D eigenvalue weighted by Gasteiger charge is -2.10.